The van der Waals surface area contributed by atoms with Crippen LogP contribution in [-0.2, 0) is 0 Å². The zero-order valence-electron chi connectivity index (χ0n) is 9.85. The first kappa shape index (κ1) is 12.9. The van der Waals surface area contributed by atoms with Crippen LogP contribution in [0.3, 0.4) is 0 Å². The molecule has 8 heteroatoms. The predicted molar refractivity (Wildman–Crippen MR) is 63.6 cm³/mol. The van der Waals surface area contributed by atoms with Gasteiger partial charge >= 0.3 is 5.69 Å². The summed E-state index contributed by atoms with van der Waals surface area (Å²) in [6.45, 7) is 1.69. The summed E-state index contributed by atoms with van der Waals surface area (Å²) in [6, 6.07) is 0.975. The van der Waals surface area contributed by atoms with Crippen LogP contribution in [0.2, 0.25) is 0 Å². The van der Waals surface area contributed by atoms with E-state index in [1.54, 1.807) is 13.1 Å². The fourth-order valence-electron chi connectivity index (χ4n) is 1.68. The number of rotatable bonds is 4. The number of hydrogen-bond donors (Lipinski definition) is 2. The summed E-state index contributed by atoms with van der Waals surface area (Å²) < 4.78 is 26.6. The Morgan fingerprint density at radius 2 is 2.21 bits per heavy atom. The molecule has 100 valence electrons. The summed E-state index contributed by atoms with van der Waals surface area (Å²) in [5.74, 6) is -2.10. The van der Waals surface area contributed by atoms with Gasteiger partial charge in [-0.1, -0.05) is 0 Å². The summed E-state index contributed by atoms with van der Waals surface area (Å²) >= 11 is 0. The Bertz CT molecular complexity index is 601. The van der Waals surface area contributed by atoms with E-state index in [9.17, 15) is 18.9 Å². The summed E-state index contributed by atoms with van der Waals surface area (Å²) in [4.78, 5) is 9.92. The minimum Gasteiger partial charge on any atom is -0.373 e. The van der Waals surface area contributed by atoms with Gasteiger partial charge < -0.3 is 5.32 Å². The maximum absolute atomic E-state index is 13.4. The lowest BCUT2D eigenvalue weighted by Gasteiger charge is -2.13. The average Bonchev–Trinajstić information content (AvgIpc) is 2.80. The van der Waals surface area contributed by atoms with Crippen LogP contribution in [0, 0.1) is 21.7 Å². The van der Waals surface area contributed by atoms with Crippen LogP contribution in [0.25, 0.3) is 0 Å². The van der Waals surface area contributed by atoms with Crippen molar-refractivity contribution in [1.82, 2.24) is 10.2 Å². The second-order valence-corrected chi connectivity index (χ2v) is 3.94. The lowest BCUT2D eigenvalue weighted by atomic mass is 10.1. The lowest BCUT2D eigenvalue weighted by Crippen LogP contribution is -2.09. The van der Waals surface area contributed by atoms with Gasteiger partial charge in [-0.25, -0.2) is 4.39 Å². The van der Waals surface area contributed by atoms with Crippen LogP contribution in [0.5, 0.6) is 0 Å². The number of nitro benzene ring substituents is 1. The van der Waals surface area contributed by atoms with E-state index < -0.39 is 28.3 Å². The summed E-state index contributed by atoms with van der Waals surface area (Å²) in [5.41, 5.74) is -0.285. The molecular weight excluding hydrogens is 258 g/mol. The van der Waals surface area contributed by atoms with Gasteiger partial charge in [-0.15, -0.1) is 0 Å². The van der Waals surface area contributed by atoms with Crippen molar-refractivity contribution in [2.75, 3.05) is 5.32 Å². The van der Waals surface area contributed by atoms with Crippen LogP contribution < -0.4 is 5.32 Å². The monoisotopic (exact) mass is 268 g/mol. The molecule has 0 aliphatic rings. The number of benzene rings is 1. The molecule has 0 spiro atoms. The number of nitrogens with one attached hydrogen (secondary N) is 2. The van der Waals surface area contributed by atoms with Crippen LogP contribution >= 0.6 is 0 Å². The molecule has 1 unspecified atom stereocenters. The molecule has 0 aliphatic heterocycles. The van der Waals surface area contributed by atoms with E-state index in [1.807, 2.05) is 0 Å². The number of anilines is 1. The Morgan fingerprint density at radius 1 is 1.47 bits per heavy atom. The van der Waals surface area contributed by atoms with Gasteiger partial charge in [0.2, 0.25) is 5.82 Å². The molecule has 0 amide bonds. The molecule has 6 nitrogen and oxygen atoms in total. The Balaban J connectivity index is 2.36. The molecule has 1 aromatic heterocycles. The van der Waals surface area contributed by atoms with Crippen molar-refractivity contribution >= 4 is 11.4 Å². The van der Waals surface area contributed by atoms with Gasteiger partial charge in [0.25, 0.3) is 0 Å². The van der Waals surface area contributed by atoms with Gasteiger partial charge in [0.15, 0.2) is 0 Å². The van der Waals surface area contributed by atoms with Gasteiger partial charge in [0, 0.05) is 23.9 Å². The van der Waals surface area contributed by atoms with E-state index in [-0.39, 0.29) is 5.69 Å². The van der Waals surface area contributed by atoms with E-state index in [0.29, 0.717) is 11.6 Å². The fraction of sp³-hybridized carbons (Fsp3) is 0.182. The highest BCUT2D eigenvalue weighted by atomic mass is 19.1. The molecule has 0 saturated carbocycles. The Kier molecular flexibility index (Phi) is 3.41. The van der Waals surface area contributed by atoms with Gasteiger partial charge in [0.1, 0.15) is 11.5 Å². The second-order valence-electron chi connectivity index (χ2n) is 3.94. The van der Waals surface area contributed by atoms with Crippen LogP contribution in [0.1, 0.15) is 18.5 Å². The van der Waals surface area contributed by atoms with Gasteiger partial charge in [0.05, 0.1) is 17.2 Å². The highest BCUT2D eigenvalue weighted by Gasteiger charge is 2.23. The van der Waals surface area contributed by atoms with E-state index in [4.69, 9.17) is 0 Å². The number of aromatic nitrogens is 2. The van der Waals surface area contributed by atoms with Crippen LogP contribution in [0.15, 0.2) is 24.5 Å². The Hall–Kier alpha value is -2.51. The number of H-pyrrole nitrogens is 1. The molecule has 0 bridgehead atoms. The minimum absolute atomic E-state index is 0.212. The van der Waals surface area contributed by atoms with Crippen molar-refractivity contribution < 1.29 is 13.7 Å². The molecule has 1 aromatic carbocycles. The van der Waals surface area contributed by atoms with Crippen molar-refractivity contribution in [3.05, 3.63) is 51.8 Å². The normalized spacial score (nSPS) is 12.2. The molecule has 1 heterocycles. The topological polar surface area (TPSA) is 83.8 Å². The van der Waals surface area contributed by atoms with Crippen LogP contribution in [0.4, 0.5) is 20.2 Å². The molecule has 0 saturated heterocycles. The predicted octanol–water partition coefficient (Wildman–Crippen LogP) is 2.77. The highest BCUT2D eigenvalue weighted by Crippen LogP contribution is 2.31. The van der Waals surface area contributed by atoms with Crippen molar-refractivity contribution in [3.8, 4) is 0 Å². The van der Waals surface area contributed by atoms with Gasteiger partial charge in [-0.2, -0.15) is 9.49 Å². The zero-order valence-corrected chi connectivity index (χ0v) is 9.85. The second kappa shape index (κ2) is 5.01. The number of nitro groups is 1. The molecule has 2 N–H and O–H groups in total. The van der Waals surface area contributed by atoms with Crippen molar-refractivity contribution in [2.45, 2.75) is 13.0 Å². The third-order valence-corrected chi connectivity index (χ3v) is 2.60. The number of aromatic amines is 1. The largest absolute Gasteiger partial charge is 0.373 e. The van der Waals surface area contributed by atoms with Gasteiger partial charge in [-0.3, -0.25) is 15.2 Å². The first-order valence-electron chi connectivity index (χ1n) is 5.37. The third-order valence-electron chi connectivity index (χ3n) is 2.60. The summed E-state index contributed by atoms with van der Waals surface area (Å²) in [6.07, 6.45) is 3.10. The van der Waals surface area contributed by atoms with E-state index in [1.165, 1.54) is 6.20 Å². The Labute approximate surface area is 106 Å². The van der Waals surface area contributed by atoms with E-state index in [0.717, 1.165) is 6.07 Å². The number of hydrogen-bond acceptors (Lipinski definition) is 4. The third kappa shape index (κ3) is 2.67. The quantitative estimate of drug-likeness (QED) is 0.659. The molecule has 19 heavy (non-hydrogen) atoms. The van der Waals surface area contributed by atoms with Crippen molar-refractivity contribution in [3.63, 3.8) is 0 Å². The van der Waals surface area contributed by atoms with Crippen molar-refractivity contribution in [2.24, 2.45) is 0 Å². The van der Waals surface area contributed by atoms with Gasteiger partial charge in [-0.05, 0) is 6.92 Å². The maximum atomic E-state index is 13.4. The molecular formula is C11H10F2N4O2. The number of nitrogens with zero attached hydrogens (tertiary/aromatic N) is 2. The minimum atomic E-state index is -1.22. The SMILES string of the molecule is CC(Nc1cc(F)cc(F)c1[N+](=O)[O-])c1cn[nH]c1. The zero-order chi connectivity index (χ0) is 14.0. The molecule has 0 aliphatic carbocycles. The first-order chi connectivity index (χ1) is 8.99. The van der Waals surface area contributed by atoms with Crippen LogP contribution in [-0.4, -0.2) is 15.1 Å². The fourth-order valence-corrected chi connectivity index (χ4v) is 1.68. The molecule has 0 fully saturated rings. The molecule has 2 aromatic rings. The molecule has 2 rings (SSSR count). The summed E-state index contributed by atoms with van der Waals surface area (Å²) in [7, 11) is 0. The van der Waals surface area contributed by atoms with E-state index >= 15 is 0 Å². The standard InChI is InChI=1S/C11H10F2N4O2/c1-6(7-4-14-15-5-7)16-10-3-8(12)2-9(13)11(10)17(18)19/h2-6,16H,1H3,(H,14,15). The average molecular weight is 268 g/mol. The lowest BCUT2D eigenvalue weighted by molar-refractivity contribution is -0.386. The first-order valence-corrected chi connectivity index (χ1v) is 5.37. The molecule has 0 radical (unpaired) electrons. The van der Waals surface area contributed by atoms with E-state index in [2.05, 4.69) is 15.5 Å². The highest BCUT2D eigenvalue weighted by molar-refractivity contribution is 5.63. The number of halogens is 2. The molecule has 1 atom stereocenters. The smallest absolute Gasteiger partial charge is 0.327 e. The Morgan fingerprint density at radius 3 is 2.79 bits per heavy atom. The van der Waals surface area contributed by atoms with Crippen molar-refractivity contribution in [1.29, 1.82) is 0 Å². The maximum Gasteiger partial charge on any atom is 0.327 e. The summed E-state index contributed by atoms with van der Waals surface area (Å²) in [5, 5.41) is 19.8.